The zero-order valence-electron chi connectivity index (χ0n) is 11.7. The van der Waals surface area contributed by atoms with E-state index in [2.05, 4.69) is 5.32 Å². The summed E-state index contributed by atoms with van der Waals surface area (Å²) in [6.45, 7) is 1.32. The van der Waals surface area contributed by atoms with Gasteiger partial charge in [-0.2, -0.15) is 0 Å². The number of nitrogens with one attached hydrogen (secondary N) is 1. The van der Waals surface area contributed by atoms with Crippen LogP contribution in [0.5, 0.6) is 0 Å². The van der Waals surface area contributed by atoms with Gasteiger partial charge in [0.1, 0.15) is 5.82 Å². The largest absolute Gasteiger partial charge is 0.386 e. The van der Waals surface area contributed by atoms with Crippen molar-refractivity contribution in [3.63, 3.8) is 0 Å². The van der Waals surface area contributed by atoms with Gasteiger partial charge in [-0.3, -0.25) is 4.79 Å². The molecule has 0 bridgehead atoms. The molecule has 0 saturated carbocycles. The second-order valence-electron chi connectivity index (χ2n) is 4.75. The SMILES string of the molecule is CC(=O)c1c(F)cccc1NCC(O)c1c(Cl)cccc1Cl. The molecule has 116 valence electrons. The molecule has 1 unspecified atom stereocenters. The Hall–Kier alpha value is -1.62. The fourth-order valence-corrected chi connectivity index (χ4v) is 2.82. The normalized spacial score (nSPS) is 12.0. The first-order chi connectivity index (χ1) is 10.4. The molecule has 2 aromatic carbocycles. The maximum Gasteiger partial charge on any atom is 0.164 e. The summed E-state index contributed by atoms with van der Waals surface area (Å²) < 4.78 is 13.7. The molecule has 0 aromatic heterocycles. The molecule has 0 spiro atoms. The van der Waals surface area contributed by atoms with Crippen molar-refractivity contribution in [1.29, 1.82) is 0 Å². The second kappa shape index (κ2) is 7.09. The summed E-state index contributed by atoms with van der Waals surface area (Å²) in [5, 5.41) is 13.8. The molecule has 22 heavy (non-hydrogen) atoms. The molecular weight excluding hydrogens is 328 g/mol. The molecular formula is C16H14Cl2FNO2. The average Bonchev–Trinajstić information content (AvgIpc) is 2.44. The van der Waals surface area contributed by atoms with Crippen molar-refractivity contribution >= 4 is 34.7 Å². The third-order valence-electron chi connectivity index (χ3n) is 3.18. The van der Waals surface area contributed by atoms with Crippen LogP contribution in [0.3, 0.4) is 0 Å². The van der Waals surface area contributed by atoms with E-state index in [1.54, 1.807) is 24.3 Å². The van der Waals surface area contributed by atoms with Gasteiger partial charge in [0, 0.05) is 27.8 Å². The lowest BCUT2D eigenvalue weighted by atomic mass is 10.1. The summed E-state index contributed by atoms with van der Waals surface area (Å²) in [4.78, 5) is 11.5. The van der Waals surface area contributed by atoms with Crippen LogP contribution in [-0.4, -0.2) is 17.4 Å². The van der Waals surface area contributed by atoms with E-state index in [4.69, 9.17) is 23.2 Å². The molecule has 0 saturated heterocycles. The molecule has 0 heterocycles. The van der Waals surface area contributed by atoms with Gasteiger partial charge in [-0.15, -0.1) is 0 Å². The standard InChI is InChI=1S/C16H14Cl2FNO2/c1-9(21)15-12(19)6-3-7-13(15)20-8-14(22)16-10(17)4-2-5-11(16)18/h2-7,14,20,22H,8H2,1H3. The Morgan fingerprint density at radius 2 is 1.82 bits per heavy atom. The maximum absolute atomic E-state index is 13.7. The molecule has 0 amide bonds. The third-order valence-corrected chi connectivity index (χ3v) is 3.84. The van der Waals surface area contributed by atoms with E-state index in [1.165, 1.54) is 19.1 Å². The number of aliphatic hydroxyl groups excluding tert-OH is 1. The highest BCUT2D eigenvalue weighted by molar-refractivity contribution is 6.36. The van der Waals surface area contributed by atoms with Gasteiger partial charge in [-0.1, -0.05) is 35.3 Å². The van der Waals surface area contributed by atoms with Crippen molar-refractivity contribution in [2.75, 3.05) is 11.9 Å². The lowest BCUT2D eigenvalue weighted by Gasteiger charge is -2.17. The van der Waals surface area contributed by atoms with E-state index in [0.717, 1.165) is 0 Å². The van der Waals surface area contributed by atoms with Crippen molar-refractivity contribution in [1.82, 2.24) is 0 Å². The van der Waals surface area contributed by atoms with E-state index in [-0.39, 0.29) is 12.1 Å². The summed E-state index contributed by atoms with van der Waals surface area (Å²) >= 11 is 12.1. The highest BCUT2D eigenvalue weighted by atomic mass is 35.5. The predicted octanol–water partition coefficient (Wildman–Crippen LogP) is 4.48. The van der Waals surface area contributed by atoms with E-state index < -0.39 is 17.7 Å². The van der Waals surface area contributed by atoms with Gasteiger partial charge >= 0.3 is 0 Å². The number of rotatable bonds is 5. The minimum atomic E-state index is -0.996. The number of anilines is 1. The molecule has 0 aliphatic rings. The molecule has 2 N–H and O–H groups in total. The second-order valence-corrected chi connectivity index (χ2v) is 5.57. The first-order valence-electron chi connectivity index (χ1n) is 6.57. The quantitative estimate of drug-likeness (QED) is 0.788. The van der Waals surface area contributed by atoms with Crippen LogP contribution in [0.4, 0.5) is 10.1 Å². The fourth-order valence-electron chi connectivity index (χ4n) is 2.17. The molecule has 0 radical (unpaired) electrons. The molecule has 3 nitrogen and oxygen atoms in total. The molecule has 0 aliphatic carbocycles. The number of Topliss-reactive ketones (excluding diaryl/α,β-unsaturated/α-hetero) is 1. The van der Waals surface area contributed by atoms with E-state index >= 15 is 0 Å². The van der Waals surface area contributed by atoms with Crippen LogP contribution >= 0.6 is 23.2 Å². The zero-order chi connectivity index (χ0) is 16.3. The van der Waals surface area contributed by atoms with Crippen molar-refractivity contribution in [2.45, 2.75) is 13.0 Å². The average molecular weight is 342 g/mol. The zero-order valence-corrected chi connectivity index (χ0v) is 13.2. The van der Waals surface area contributed by atoms with Crippen LogP contribution in [0.15, 0.2) is 36.4 Å². The molecule has 1 atom stereocenters. The summed E-state index contributed by atoms with van der Waals surface area (Å²) in [6.07, 6.45) is -0.996. The van der Waals surface area contributed by atoms with Gasteiger partial charge < -0.3 is 10.4 Å². The first-order valence-corrected chi connectivity index (χ1v) is 7.32. The number of halogens is 3. The number of carbonyl (C=O) groups excluding carboxylic acids is 1. The lowest BCUT2D eigenvalue weighted by Crippen LogP contribution is -2.15. The Kier molecular flexibility index (Phi) is 5.40. The Labute approximate surface area is 137 Å². The molecule has 0 fully saturated rings. The van der Waals surface area contributed by atoms with Gasteiger partial charge in [-0.05, 0) is 31.2 Å². The fraction of sp³-hybridized carbons (Fsp3) is 0.188. The summed E-state index contributed by atoms with van der Waals surface area (Å²) in [6, 6.07) is 9.18. The van der Waals surface area contributed by atoms with Gasteiger partial charge in [0.15, 0.2) is 5.78 Å². The smallest absolute Gasteiger partial charge is 0.164 e. The van der Waals surface area contributed by atoms with Gasteiger partial charge in [0.05, 0.1) is 11.7 Å². The maximum atomic E-state index is 13.7. The number of carbonyl (C=O) groups is 1. The van der Waals surface area contributed by atoms with Crippen molar-refractivity contribution in [2.24, 2.45) is 0 Å². The molecule has 6 heteroatoms. The van der Waals surface area contributed by atoms with Crippen LogP contribution in [-0.2, 0) is 0 Å². The Balaban J connectivity index is 2.20. The van der Waals surface area contributed by atoms with E-state index in [9.17, 15) is 14.3 Å². The first kappa shape index (κ1) is 16.7. The Bertz CT molecular complexity index is 686. The molecule has 2 rings (SSSR count). The Morgan fingerprint density at radius 3 is 2.41 bits per heavy atom. The number of aliphatic hydroxyl groups is 1. The van der Waals surface area contributed by atoms with E-state index in [0.29, 0.717) is 21.3 Å². The monoisotopic (exact) mass is 341 g/mol. The minimum absolute atomic E-state index is 0.0349. The van der Waals surface area contributed by atoms with Crippen LogP contribution < -0.4 is 5.32 Å². The van der Waals surface area contributed by atoms with Gasteiger partial charge in [0.25, 0.3) is 0 Å². The number of hydrogen-bond donors (Lipinski definition) is 2. The number of ketones is 1. The predicted molar refractivity (Wildman–Crippen MR) is 86.3 cm³/mol. The highest BCUT2D eigenvalue weighted by Crippen LogP contribution is 2.30. The van der Waals surface area contributed by atoms with Crippen molar-refractivity contribution < 1.29 is 14.3 Å². The van der Waals surface area contributed by atoms with Crippen molar-refractivity contribution in [3.8, 4) is 0 Å². The topological polar surface area (TPSA) is 49.3 Å². The van der Waals surface area contributed by atoms with Crippen LogP contribution in [0.25, 0.3) is 0 Å². The molecule has 2 aromatic rings. The third kappa shape index (κ3) is 3.58. The summed E-state index contributed by atoms with van der Waals surface area (Å²) in [7, 11) is 0. The Morgan fingerprint density at radius 1 is 1.23 bits per heavy atom. The lowest BCUT2D eigenvalue weighted by molar-refractivity contribution is 0.101. The minimum Gasteiger partial charge on any atom is -0.386 e. The molecule has 0 aliphatic heterocycles. The van der Waals surface area contributed by atoms with Gasteiger partial charge in [0.2, 0.25) is 0 Å². The van der Waals surface area contributed by atoms with Crippen molar-refractivity contribution in [3.05, 3.63) is 63.4 Å². The summed E-state index contributed by atoms with van der Waals surface area (Å²) in [5.41, 5.74) is 0.661. The summed E-state index contributed by atoms with van der Waals surface area (Å²) in [5.74, 6) is -1.01. The van der Waals surface area contributed by atoms with Crippen LogP contribution in [0.2, 0.25) is 10.0 Å². The van der Waals surface area contributed by atoms with Gasteiger partial charge in [-0.25, -0.2) is 4.39 Å². The number of benzene rings is 2. The van der Waals surface area contributed by atoms with Crippen LogP contribution in [0, 0.1) is 5.82 Å². The van der Waals surface area contributed by atoms with Crippen LogP contribution in [0.1, 0.15) is 28.9 Å². The highest BCUT2D eigenvalue weighted by Gasteiger charge is 2.17. The number of hydrogen-bond acceptors (Lipinski definition) is 3. The van der Waals surface area contributed by atoms with E-state index in [1.807, 2.05) is 0 Å².